The molecule has 0 amide bonds. The molecule has 0 saturated heterocycles. The molecule has 1 N–H and O–H groups in total. The normalized spacial score (nSPS) is 15.4. The van der Waals surface area contributed by atoms with Gasteiger partial charge < -0.3 is 28.5 Å². The van der Waals surface area contributed by atoms with Crippen LogP contribution in [0.4, 0.5) is 48.3 Å². The van der Waals surface area contributed by atoms with Crippen molar-refractivity contribution in [2.45, 2.75) is 35.6 Å². The van der Waals surface area contributed by atoms with Crippen LogP contribution in [0.1, 0.15) is 6.42 Å². The van der Waals surface area contributed by atoms with Gasteiger partial charge in [0.1, 0.15) is 0 Å². The Morgan fingerprint density at radius 3 is 1.46 bits per heavy atom. The molecule has 0 aliphatic carbocycles. The van der Waals surface area contributed by atoms with Crippen molar-refractivity contribution in [2.75, 3.05) is 34.2 Å². The third kappa shape index (κ3) is 5.50. The van der Waals surface area contributed by atoms with E-state index < -0.39 is 45.8 Å². The van der Waals surface area contributed by atoms with Gasteiger partial charge in [-0.3, -0.25) is 0 Å². The van der Waals surface area contributed by atoms with Crippen LogP contribution in [0.5, 0.6) is 0 Å². The molecule has 0 aromatic carbocycles. The van der Waals surface area contributed by atoms with E-state index in [1.165, 1.54) is 0 Å². The molecular formula is C11H16F11IN2O2S. The molecule has 0 radical (unpaired) electrons. The van der Waals surface area contributed by atoms with Crippen LogP contribution >= 0.6 is 0 Å². The molecule has 0 saturated carbocycles. The van der Waals surface area contributed by atoms with Crippen molar-refractivity contribution in [3.8, 4) is 0 Å². The highest BCUT2D eigenvalue weighted by Crippen LogP contribution is 2.58. The molecule has 17 heteroatoms. The summed E-state index contributed by atoms with van der Waals surface area (Å²) in [5, 5.41) is -6.98. The minimum Gasteiger partial charge on any atom is -1.00 e. The molecular weight excluding hydrogens is 560 g/mol. The van der Waals surface area contributed by atoms with Gasteiger partial charge in [0.05, 0.1) is 27.7 Å². The first-order valence-electron chi connectivity index (χ1n) is 6.83. The zero-order valence-corrected chi connectivity index (χ0v) is 17.3. The number of rotatable bonds is 9. The van der Waals surface area contributed by atoms with E-state index in [2.05, 4.69) is 0 Å². The third-order valence-corrected chi connectivity index (χ3v) is 4.66. The highest BCUT2D eigenvalue weighted by atomic mass is 127. The first-order valence-corrected chi connectivity index (χ1v) is 8.31. The second-order valence-electron chi connectivity index (χ2n) is 6.50. The highest BCUT2D eigenvalue weighted by Gasteiger charge is 2.89. The summed E-state index contributed by atoms with van der Waals surface area (Å²) < 4.78 is 164. The molecule has 0 rings (SSSR count). The summed E-state index contributed by atoms with van der Waals surface area (Å²) in [6.45, 7) is -0.891. The van der Waals surface area contributed by atoms with E-state index in [4.69, 9.17) is 0 Å². The summed E-state index contributed by atoms with van der Waals surface area (Å²) in [6.07, 6.45) is -7.61. The number of alkyl halides is 11. The largest absolute Gasteiger partial charge is 1.00 e. The van der Waals surface area contributed by atoms with Crippen LogP contribution in [0.3, 0.4) is 0 Å². The zero-order chi connectivity index (χ0) is 22.3. The second kappa shape index (κ2) is 8.52. The fourth-order valence-corrected chi connectivity index (χ4v) is 2.64. The third-order valence-electron chi connectivity index (χ3n) is 3.15. The number of sulfonamides is 1. The van der Waals surface area contributed by atoms with Crippen molar-refractivity contribution in [1.29, 1.82) is 0 Å². The monoisotopic (exact) mass is 576 g/mol. The zero-order valence-electron chi connectivity index (χ0n) is 14.3. The van der Waals surface area contributed by atoms with E-state index in [9.17, 15) is 56.7 Å². The average Bonchev–Trinajstić information content (AvgIpc) is 2.40. The standard InChI is InChI=1S/C11H16F11N2O2S.HI/c1-24(2,3)6-4-5-23-27(25,26)11(21,22)9(16,17)7(12,13)8(14,15)10(18,19)20;/h23H,4-6H2,1-3H3;1H/q+1;/p-1. The Morgan fingerprint density at radius 1 is 0.750 bits per heavy atom. The van der Waals surface area contributed by atoms with Gasteiger partial charge in [-0.05, 0) is 0 Å². The highest BCUT2D eigenvalue weighted by molar-refractivity contribution is 7.90. The van der Waals surface area contributed by atoms with Crippen LogP contribution in [-0.4, -0.2) is 76.3 Å². The lowest BCUT2D eigenvalue weighted by molar-refractivity contribution is -0.870. The smallest absolute Gasteiger partial charge is 0.460 e. The number of hydrogen-bond acceptors (Lipinski definition) is 2. The van der Waals surface area contributed by atoms with Crippen LogP contribution in [0.15, 0.2) is 0 Å². The predicted molar refractivity (Wildman–Crippen MR) is 70.3 cm³/mol. The fourth-order valence-electron chi connectivity index (χ4n) is 1.58. The van der Waals surface area contributed by atoms with Crippen molar-refractivity contribution in [1.82, 2.24) is 4.72 Å². The lowest BCUT2D eigenvalue weighted by atomic mass is 10.0. The van der Waals surface area contributed by atoms with Gasteiger partial charge in [0.15, 0.2) is 0 Å². The molecule has 0 heterocycles. The topological polar surface area (TPSA) is 46.2 Å². The van der Waals surface area contributed by atoms with E-state index in [0.29, 0.717) is 0 Å². The van der Waals surface area contributed by atoms with Gasteiger partial charge in [-0.1, -0.05) is 0 Å². The van der Waals surface area contributed by atoms with Crippen LogP contribution < -0.4 is 28.7 Å². The molecule has 0 aromatic heterocycles. The quantitative estimate of drug-likeness (QED) is 0.183. The Morgan fingerprint density at radius 2 is 1.14 bits per heavy atom. The molecule has 0 aliphatic rings. The Kier molecular flexibility index (Phi) is 9.14. The van der Waals surface area contributed by atoms with Crippen molar-refractivity contribution in [3.05, 3.63) is 0 Å². The van der Waals surface area contributed by atoms with Gasteiger partial charge in [-0.25, -0.2) is 13.1 Å². The summed E-state index contributed by atoms with van der Waals surface area (Å²) in [5.41, 5.74) is 0. The van der Waals surface area contributed by atoms with Gasteiger partial charge in [0, 0.05) is 13.0 Å². The maximum Gasteiger partial charge on any atom is 0.460 e. The minimum absolute atomic E-state index is 0. The molecule has 172 valence electrons. The van der Waals surface area contributed by atoms with E-state index in [-0.39, 0.29) is 41.4 Å². The summed E-state index contributed by atoms with van der Waals surface area (Å²) in [4.78, 5) is 0. The lowest BCUT2D eigenvalue weighted by Crippen LogP contribution is -3.00. The Labute approximate surface area is 170 Å². The average molecular weight is 576 g/mol. The van der Waals surface area contributed by atoms with Gasteiger partial charge in [0.2, 0.25) is 0 Å². The van der Waals surface area contributed by atoms with Crippen LogP contribution in [0.25, 0.3) is 0 Å². The number of quaternary nitrogens is 1. The van der Waals surface area contributed by atoms with E-state index in [1.54, 1.807) is 21.1 Å². The summed E-state index contributed by atoms with van der Waals surface area (Å²) >= 11 is 0. The van der Waals surface area contributed by atoms with Gasteiger partial charge in [-0.2, -0.15) is 48.3 Å². The number of nitrogens with zero attached hydrogens (tertiary/aromatic N) is 1. The van der Waals surface area contributed by atoms with Crippen molar-refractivity contribution in [3.63, 3.8) is 0 Å². The van der Waals surface area contributed by atoms with Crippen molar-refractivity contribution < 1.29 is 85.2 Å². The van der Waals surface area contributed by atoms with Crippen LogP contribution in [0.2, 0.25) is 0 Å². The molecule has 0 aliphatic heterocycles. The number of hydrogen-bond donors (Lipinski definition) is 1. The Balaban J connectivity index is 0. The first-order chi connectivity index (χ1) is 11.5. The maximum absolute atomic E-state index is 13.5. The molecule has 0 aromatic rings. The van der Waals surface area contributed by atoms with Gasteiger partial charge in [-0.15, -0.1) is 0 Å². The SMILES string of the molecule is C[N+](C)(C)CCCNS(=O)(=O)C(F)(F)C(F)(F)C(F)(F)C(F)(F)C(F)(F)F.[I-]. The Bertz CT molecular complexity index is 629. The summed E-state index contributed by atoms with van der Waals surface area (Å²) in [5.74, 6) is -23.0. The summed E-state index contributed by atoms with van der Waals surface area (Å²) in [7, 11) is -2.05. The molecule has 4 nitrogen and oxygen atoms in total. The van der Waals surface area contributed by atoms with E-state index >= 15 is 0 Å². The lowest BCUT2D eigenvalue weighted by Gasteiger charge is -2.36. The number of halogens is 12. The minimum atomic E-state index is -7.77. The molecule has 28 heavy (non-hydrogen) atoms. The first kappa shape index (κ1) is 30.0. The van der Waals surface area contributed by atoms with Gasteiger partial charge >= 0.3 is 29.2 Å². The fraction of sp³-hybridized carbons (Fsp3) is 1.00. The molecule has 0 atom stereocenters. The van der Waals surface area contributed by atoms with Gasteiger partial charge in [0.25, 0.3) is 10.0 Å². The second-order valence-corrected chi connectivity index (χ2v) is 8.31. The predicted octanol–water partition coefficient (Wildman–Crippen LogP) is 0.0671. The van der Waals surface area contributed by atoms with E-state index in [1.807, 2.05) is 0 Å². The molecule has 0 fully saturated rings. The molecule has 0 bridgehead atoms. The summed E-state index contributed by atoms with van der Waals surface area (Å²) in [6, 6.07) is 0. The van der Waals surface area contributed by atoms with Crippen molar-refractivity contribution in [2.24, 2.45) is 0 Å². The van der Waals surface area contributed by atoms with Crippen molar-refractivity contribution >= 4 is 10.0 Å². The number of nitrogens with one attached hydrogen (secondary N) is 1. The van der Waals surface area contributed by atoms with E-state index in [0.717, 1.165) is 4.72 Å². The Hall–Kier alpha value is -0.170. The van der Waals surface area contributed by atoms with Crippen LogP contribution in [0, 0.1) is 0 Å². The molecule has 0 spiro atoms. The maximum atomic E-state index is 13.5. The molecule has 0 unspecified atom stereocenters. The van der Waals surface area contributed by atoms with Crippen LogP contribution in [-0.2, 0) is 10.0 Å².